The van der Waals surface area contributed by atoms with E-state index in [1.807, 2.05) is 4.90 Å². The molecule has 108 valence electrons. The highest BCUT2D eigenvalue weighted by Gasteiger charge is 2.28. The van der Waals surface area contributed by atoms with Crippen LogP contribution >= 0.6 is 0 Å². The number of hydrogen-bond acceptors (Lipinski definition) is 3. The van der Waals surface area contributed by atoms with Crippen LogP contribution in [0.2, 0.25) is 0 Å². The van der Waals surface area contributed by atoms with Crippen molar-refractivity contribution >= 4 is 11.8 Å². The van der Waals surface area contributed by atoms with Crippen molar-refractivity contribution in [3.05, 3.63) is 0 Å². The molecule has 5 heteroatoms. The average molecular weight is 267 g/mol. The molecular formula is C14H25N3O2. The first-order valence-corrected chi connectivity index (χ1v) is 7.40. The lowest BCUT2D eigenvalue weighted by molar-refractivity contribution is -0.136. The van der Waals surface area contributed by atoms with Crippen LogP contribution in [0.3, 0.4) is 0 Å². The Balaban J connectivity index is 1.74. The molecule has 2 aliphatic rings. The topological polar surface area (TPSA) is 61.4 Å². The van der Waals surface area contributed by atoms with Gasteiger partial charge in [-0.05, 0) is 44.7 Å². The molecule has 0 radical (unpaired) electrons. The fourth-order valence-corrected chi connectivity index (χ4v) is 3.06. The van der Waals surface area contributed by atoms with Crippen LogP contribution in [0.4, 0.5) is 0 Å². The molecule has 2 fully saturated rings. The largest absolute Gasteiger partial charge is 0.359 e. The van der Waals surface area contributed by atoms with Gasteiger partial charge in [-0.25, -0.2) is 0 Å². The summed E-state index contributed by atoms with van der Waals surface area (Å²) in [6.07, 6.45) is 4.52. The third-order valence-electron chi connectivity index (χ3n) is 4.39. The summed E-state index contributed by atoms with van der Waals surface area (Å²) in [5.41, 5.74) is 0. The number of nitrogens with one attached hydrogen (secondary N) is 2. The Labute approximate surface area is 115 Å². The minimum absolute atomic E-state index is 0.0907. The van der Waals surface area contributed by atoms with Crippen LogP contribution in [0, 0.1) is 11.8 Å². The second kappa shape index (κ2) is 6.89. The van der Waals surface area contributed by atoms with Gasteiger partial charge < -0.3 is 15.5 Å². The van der Waals surface area contributed by atoms with Crippen LogP contribution in [0.5, 0.6) is 0 Å². The summed E-state index contributed by atoms with van der Waals surface area (Å²) in [5.74, 6) is 1.03. The Morgan fingerprint density at radius 1 is 1.16 bits per heavy atom. The lowest BCUT2D eigenvalue weighted by atomic mass is 9.92. The summed E-state index contributed by atoms with van der Waals surface area (Å²) in [5, 5.41) is 6.02. The van der Waals surface area contributed by atoms with Crippen molar-refractivity contribution in [2.24, 2.45) is 11.8 Å². The van der Waals surface area contributed by atoms with Crippen LogP contribution < -0.4 is 10.6 Å². The van der Waals surface area contributed by atoms with Crippen LogP contribution in [0.25, 0.3) is 0 Å². The third kappa shape index (κ3) is 3.93. The maximum atomic E-state index is 12.2. The van der Waals surface area contributed by atoms with E-state index >= 15 is 0 Å². The number of carbonyl (C=O) groups is 2. The van der Waals surface area contributed by atoms with Crippen molar-refractivity contribution < 1.29 is 9.59 Å². The normalized spacial score (nSPS) is 22.3. The summed E-state index contributed by atoms with van der Waals surface area (Å²) in [6.45, 7) is 3.55. The molecule has 0 aliphatic carbocycles. The minimum atomic E-state index is 0.0907. The second-order valence-corrected chi connectivity index (χ2v) is 5.67. The molecule has 2 rings (SSSR count). The Hall–Kier alpha value is -1.10. The number of hydrogen-bond donors (Lipinski definition) is 2. The molecule has 0 unspecified atom stereocenters. The molecule has 19 heavy (non-hydrogen) atoms. The summed E-state index contributed by atoms with van der Waals surface area (Å²) in [7, 11) is 1.68. The van der Waals surface area contributed by atoms with Gasteiger partial charge in [-0.15, -0.1) is 0 Å². The van der Waals surface area contributed by atoms with Crippen molar-refractivity contribution in [1.82, 2.24) is 15.5 Å². The number of nitrogens with zero attached hydrogens (tertiary/aromatic N) is 1. The predicted octanol–water partition coefficient (Wildman–Crippen LogP) is 0.361. The zero-order valence-electron chi connectivity index (χ0n) is 11.8. The van der Waals surface area contributed by atoms with Gasteiger partial charge in [0, 0.05) is 32.5 Å². The number of amides is 2. The van der Waals surface area contributed by atoms with Crippen LogP contribution in [-0.4, -0.2) is 49.9 Å². The maximum Gasteiger partial charge on any atom is 0.222 e. The molecule has 2 aliphatic heterocycles. The maximum absolute atomic E-state index is 12.2. The van der Waals surface area contributed by atoms with Crippen molar-refractivity contribution in [2.75, 3.05) is 33.2 Å². The minimum Gasteiger partial charge on any atom is -0.359 e. The molecule has 0 aromatic rings. The lowest BCUT2D eigenvalue weighted by Crippen LogP contribution is -2.43. The first kappa shape index (κ1) is 14.3. The van der Waals surface area contributed by atoms with Gasteiger partial charge in [0.25, 0.3) is 0 Å². The lowest BCUT2D eigenvalue weighted by Gasteiger charge is -2.32. The van der Waals surface area contributed by atoms with Crippen molar-refractivity contribution in [1.29, 1.82) is 0 Å². The SMILES string of the molecule is CNC(=O)C1CCN(C(=O)CC2CCNCC2)CC1. The predicted molar refractivity (Wildman–Crippen MR) is 73.6 cm³/mol. The van der Waals surface area contributed by atoms with Crippen LogP contribution in [-0.2, 0) is 9.59 Å². The Bertz CT molecular complexity index is 319. The van der Waals surface area contributed by atoms with E-state index in [4.69, 9.17) is 0 Å². The molecular weight excluding hydrogens is 242 g/mol. The molecule has 0 spiro atoms. The zero-order chi connectivity index (χ0) is 13.7. The molecule has 2 N–H and O–H groups in total. The molecule has 0 aromatic heterocycles. The van der Waals surface area contributed by atoms with Crippen LogP contribution in [0.1, 0.15) is 32.1 Å². The zero-order valence-corrected chi connectivity index (χ0v) is 11.8. The molecule has 0 bridgehead atoms. The highest BCUT2D eigenvalue weighted by Crippen LogP contribution is 2.21. The van der Waals surface area contributed by atoms with Gasteiger partial charge in [-0.2, -0.15) is 0 Å². The van der Waals surface area contributed by atoms with E-state index in [9.17, 15) is 9.59 Å². The monoisotopic (exact) mass is 267 g/mol. The Kier molecular flexibility index (Phi) is 5.19. The van der Waals surface area contributed by atoms with Gasteiger partial charge in [0.2, 0.25) is 11.8 Å². The van der Waals surface area contributed by atoms with Gasteiger partial charge in [-0.3, -0.25) is 9.59 Å². The van der Waals surface area contributed by atoms with Gasteiger partial charge in [0.1, 0.15) is 0 Å². The fraction of sp³-hybridized carbons (Fsp3) is 0.857. The van der Waals surface area contributed by atoms with E-state index in [0.717, 1.165) is 51.9 Å². The van der Waals surface area contributed by atoms with Gasteiger partial charge in [0.05, 0.1) is 0 Å². The van der Waals surface area contributed by atoms with E-state index in [2.05, 4.69) is 10.6 Å². The molecule has 0 atom stereocenters. The number of piperidine rings is 2. The van der Waals surface area contributed by atoms with E-state index in [1.165, 1.54) is 0 Å². The van der Waals surface area contributed by atoms with E-state index < -0.39 is 0 Å². The first-order chi connectivity index (χ1) is 9.20. The molecule has 2 heterocycles. The van der Waals surface area contributed by atoms with Crippen molar-refractivity contribution in [3.63, 3.8) is 0 Å². The van der Waals surface area contributed by atoms with Crippen molar-refractivity contribution in [2.45, 2.75) is 32.1 Å². The highest BCUT2D eigenvalue weighted by atomic mass is 16.2. The Morgan fingerprint density at radius 3 is 2.37 bits per heavy atom. The second-order valence-electron chi connectivity index (χ2n) is 5.67. The molecule has 5 nitrogen and oxygen atoms in total. The number of rotatable bonds is 3. The fourth-order valence-electron chi connectivity index (χ4n) is 3.06. The third-order valence-corrected chi connectivity index (χ3v) is 4.39. The highest BCUT2D eigenvalue weighted by molar-refractivity contribution is 5.79. The summed E-state index contributed by atoms with van der Waals surface area (Å²) < 4.78 is 0. The Morgan fingerprint density at radius 2 is 1.79 bits per heavy atom. The van der Waals surface area contributed by atoms with E-state index in [0.29, 0.717) is 12.3 Å². The van der Waals surface area contributed by atoms with E-state index in [1.54, 1.807) is 7.05 Å². The number of carbonyl (C=O) groups excluding carboxylic acids is 2. The quantitative estimate of drug-likeness (QED) is 0.776. The van der Waals surface area contributed by atoms with Gasteiger partial charge in [0.15, 0.2) is 0 Å². The first-order valence-electron chi connectivity index (χ1n) is 7.40. The summed E-state index contributed by atoms with van der Waals surface area (Å²) >= 11 is 0. The van der Waals surface area contributed by atoms with Gasteiger partial charge >= 0.3 is 0 Å². The molecule has 0 aromatic carbocycles. The average Bonchev–Trinajstić information content (AvgIpc) is 2.47. The standard InChI is InChI=1S/C14H25N3O2/c1-15-14(19)12-4-8-17(9-5-12)13(18)10-11-2-6-16-7-3-11/h11-12,16H,2-10H2,1H3,(H,15,19). The molecule has 2 saturated heterocycles. The van der Waals surface area contributed by atoms with Crippen LogP contribution in [0.15, 0.2) is 0 Å². The van der Waals surface area contributed by atoms with Gasteiger partial charge in [-0.1, -0.05) is 0 Å². The molecule has 2 amide bonds. The molecule has 0 saturated carbocycles. The van der Waals surface area contributed by atoms with E-state index in [-0.39, 0.29) is 17.7 Å². The number of likely N-dealkylation sites (tertiary alicyclic amines) is 1. The summed E-state index contributed by atoms with van der Waals surface area (Å²) in [6, 6.07) is 0. The smallest absolute Gasteiger partial charge is 0.222 e. The van der Waals surface area contributed by atoms with Crippen molar-refractivity contribution in [3.8, 4) is 0 Å². The summed E-state index contributed by atoms with van der Waals surface area (Å²) in [4.78, 5) is 25.7.